The van der Waals surface area contributed by atoms with E-state index in [-0.39, 0.29) is 0 Å². The van der Waals surface area contributed by atoms with Crippen molar-refractivity contribution >= 4 is 63.0 Å². The molecule has 0 radical (unpaired) electrons. The molecule has 5 heteroatoms. The van der Waals surface area contributed by atoms with Crippen LogP contribution in [0.3, 0.4) is 0 Å². The Kier molecular flexibility index (Phi) is 7.87. The molecule has 0 fully saturated rings. The van der Waals surface area contributed by atoms with Crippen molar-refractivity contribution in [2.24, 2.45) is 0 Å². The van der Waals surface area contributed by atoms with Crippen LogP contribution in [-0.2, 0) is 0 Å². The number of rotatable bonds is 6. The smallest absolute Gasteiger partial charge is 0.160 e. The second kappa shape index (κ2) is 13.5. The monoisotopic (exact) mass is 749 g/mol. The van der Waals surface area contributed by atoms with Gasteiger partial charge in [-0.05, 0) is 101 Å². The minimum atomic E-state index is 0.681. The molecule has 11 aromatic rings. The first-order valence-electron chi connectivity index (χ1n) is 18.6. The number of pyridine rings is 1. The summed E-state index contributed by atoms with van der Waals surface area (Å²) in [6, 6.07) is 63.1. The van der Waals surface area contributed by atoms with E-state index in [0.717, 1.165) is 61.5 Å². The van der Waals surface area contributed by atoms with Gasteiger partial charge in [-0.3, -0.25) is 4.98 Å². The maximum Gasteiger partial charge on any atom is 0.160 e. The minimum absolute atomic E-state index is 0.681. The van der Waals surface area contributed by atoms with E-state index in [2.05, 4.69) is 169 Å². The van der Waals surface area contributed by atoms with Gasteiger partial charge in [0.1, 0.15) is 0 Å². The molecule has 4 heterocycles. The Labute approximate surface area is 331 Å². The predicted molar refractivity (Wildman–Crippen MR) is 238 cm³/mol. The molecule has 0 spiro atoms. The van der Waals surface area contributed by atoms with Gasteiger partial charge in [0.05, 0.1) is 11.4 Å². The molecule has 0 atom stereocenters. The molecule has 0 bridgehead atoms. The zero-order valence-corrected chi connectivity index (χ0v) is 31.7. The summed E-state index contributed by atoms with van der Waals surface area (Å²) in [6.45, 7) is 0. The van der Waals surface area contributed by atoms with E-state index >= 15 is 0 Å². The van der Waals surface area contributed by atoms with Crippen molar-refractivity contribution in [3.8, 4) is 67.3 Å². The Hall–Kier alpha value is -6.79. The summed E-state index contributed by atoms with van der Waals surface area (Å²) in [5, 5.41) is 5.13. The molecule has 7 aromatic carbocycles. The lowest BCUT2D eigenvalue weighted by Crippen LogP contribution is -1.97. The summed E-state index contributed by atoms with van der Waals surface area (Å²) < 4.78 is 5.18. The van der Waals surface area contributed by atoms with Gasteiger partial charge in [-0.25, -0.2) is 9.97 Å². The fourth-order valence-corrected chi connectivity index (χ4v) is 9.95. The standard InChI is InChI=1S/C51H31N3S2/c1-2-10-32(11-3-1)45-30-46(36-13-8-12-33(24-36)37-14-9-23-52-31-37)54-51(53-45)40-26-38(34-19-21-49-43(28-34)41-15-4-6-17-47(41)55-49)25-39(27-40)35-20-22-50-44(29-35)42-16-5-7-18-48(42)56-50/h1-31H. The van der Waals surface area contributed by atoms with Gasteiger partial charge in [0, 0.05) is 75.0 Å². The van der Waals surface area contributed by atoms with Crippen LogP contribution in [0, 0.1) is 0 Å². The van der Waals surface area contributed by atoms with E-state index in [1.165, 1.54) is 40.3 Å². The van der Waals surface area contributed by atoms with Crippen LogP contribution < -0.4 is 0 Å². The minimum Gasteiger partial charge on any atom is -0.264 e. The molecule has 3 nitrogen and oxygen atoms in total. The SMILES string of the molecule is c1ccc(-c2cc(-c3cccc(-c4cccnc4)c3)nc(-c3cc(-c4ccc5sc6ccccc6c5c4)cc(-c4ccc5sc6ccccc6c5c4)c3)n2)cc1. The lowest BCUT2D eigenvalue weighted by Gasteiger charge is -2.14. The third kappa shape index (κ3) is 5.86. The first-order valence-corrected chi connectivity index (χ1v) is 20.3. The Morgan fingerprint density at radius 2 is 0.804 bits per heavy atom. The summed E-state index contributed by atoms with van der Waals surface area (Å²) in [7, 11) is 0. The van der Waals surface area contributed by atoms with Crippen molar-refractivity contribution in [3.05, 3.63) is 188 Å². The predicted octanol–water partition coefficient (Wildman–Crippen LogP) is 14.6. The average Bonchev–Trinajstić information content (AvgIpc) is 3.84. The lowest BCUT2D eigenvalue weighted by atomic mass is 9.94. The molecule has 11 rings (SSSR count). The Balaban J connectivity index is 1.13. The number of thiophene rings is 2. The van der Waals surface area contributed by atoms with Crippen molar-refractivity contribution in [2.45, 2.75) is 0 Å². The van der Waals surface area contributed by atoms with Crippen molar-refractivity contribution in [3.63, 3.8) is 0 Å². The van der Waals surface area contributed by atoms with Crippen molar-refractivity contribution in [1.29, 1.82) is 0 Å². The van der Waals surface area contributed by atoms with Crippen LogP contribution in [-0.4, -0.2) is 15.0 Å². The molecule has 0 amide bonds. The highest BCUT2D eigenvalue weighted by atomic mass is 32.1. The zero-order chi connectivity index (χ0) is 37.0. The fraction of sp³-hybridized carbons (Fsp3) is 0. The highest BCUT2D eigenvalue weighted by molar-refractivity contribution is 7.26. The second-order valence-corrected chi connectivity index (χ2v) is 16.2. The molecule has 0 saturated heterocycles. The molecule has 4 aromatic heterocycles. The van der Waals surface area contributed by atoms with Crippen LogP contribution in [0.4, 0.5) is 0 Å². The van der Waals surface area contributed by atoms with Gasteiger partial charge >= 0.3 is 0 Å². The molecule has 0 saturated carbocycles. The molecule has 0 unspecified atom stereocenters. The summed E-state index contributed by atoms with van der Waals surface area (Å²) in [5.41, 5.74) is 11.5. The molecule has 0 aliphatic carbocycles. The van der Waals surface area contributed by atoms with Gasteiger partial charge in [-0.15, -0.1) is 22.7 Å². The fourth-order valence-electron chi connectivity index (χ4n) is 7.77. The largest absolute Gasteiger partial charge is 0.264 e. The van der Waals surface area contributed by atoms with E-state index in [4.69, 9.17) is 9.97 Å². The van der Waals surface area contributed by atoms with E-state index in [9.17, 15) is 0 Å². The highest BCUT2D eigenvalue weighted by Crippen LogP contribution is 2.41. The topological polar surface area (TPSA) is 38.7 Å². The summed E-state index contributed by atoms with van der Waals surface area (Å²) in [6.07, 6.45) is 3.71. The molecule has 0 N–H and O–H groups in total. The highest BCUT2D eigenvalue weighted by Gasteiger charge is 2.16. The lowest BCUT2D eigenvalue weighted by molar-refractivity contribution is 1.18. The third-order valence-corrected chi connectivity index (χ3v) is 12.9. The Morgan fingerprint density at radius 3 is 1.45 bits per heavy atom. The van der Waals surface area contributed by atoms with Crippen LogP contribution >= 0.6 is 22.7 Å². The number of nitrogens with zero attached hydrogens (tertiary/aromatic N) is 3. The van der Waals surface area contributed by atoms with Gasteiger partial charge in [0.2, 0.25) is 0 Å². The zero-order valence-electron chi connectivity index (χ0n) is 30.1. The van der Waals surface area contributed by atoms with Crippen LogP contribution in [0.5, 0.6) is 0 Å². The van der Waals surface area contributed by atoms with Crippen molar-refractivity contribution in [2.75, 3.05) is 0 Å². The number of fused-ring (bicyclic) bond motifs is 6. The van der Waals surface area contributed by atoms with Crippen LogP contribution in [0.1, 0.15) is 0 Å². The van der Waals surface area contributed by atoms with Crippen molar-refractivity contribution < 1.29 is 0 Å². The first-order chi connectivity index (χ1) is 27.7. The average molecular weight is 750 g/mol. The summed E-state index contributed by atoms with van der Waals surface area (Å²) in [4.78, 5) is 15.0. The quantitative estimate of drug-likeness (QED) is 0.170. The van der Waals surface area contributed by atoms with Crippen LogP contribution in [0.15, 0.2) is 188 Å². The third-order valence-electron chi connectivity index (χ3n) is 10.6. The van der Waals surface area contributed by atoms with Gasteiger partial charge in [0.25, 0.3) is 0 Å². The first kappa shape index (κ1) is 32.6. The van der Waals surface area contributed by atoms with E-state index in [1.807, 2.05) is 41.0 Å². The van der Waals surface area contributed by atoms with Gasteiger partial charge < -0.3 is 0 Å². The van der Waals surface area contributed by atoms with Gasteiger partial charge in [-0.2, -0.15) is 0 Å². The van der Waals surface area contributed by atoms with Crippen molar-refractivity contribution in [1.82, 2.24) is 15.0 Å². The number of hydrogen-bond donors (Lipinski definition) is 0. The maximum absolute atomic E-state index is 5.35. The van der Waals surface area contributed by atoms with E-state index in [0.29, 0.717) is 5.82 Å². The number of benzene rings is 7. The molecule has 262 valence electrons. The molecular weight excluding hydrogens is 719 g/mol. The normalized spacial score (nSPS) is 11.6. The molecule has 0 aliphatic rings. The summed E-state index contributed by atoms with van der Waals surface area (Å²) >= 11 is 3.69. The van der Waals surface area contributed by atoms with Crippen LogP contribution in [0.2, 0.25) is 0 Å². The molecular formula is C51H31N3S2. The van der Waals surface area contributed by atoms with E-state index in [1.54, 1.807) is 6.20 Å². The second-order valence-electron chi connectivity index (χ2n) is 14.1. The molecule has 56 heavy (non-hydrogen) atoms. The van der Waals surface area contributed by atoms with E-state index < -0.39 is 0 Å². The van der Waals surface area contributed by atoms with Gasteiger partial charge in [0.15, 0.2) is 5.82 Å². The maximum atomic E-state index is 5.35. The van der Waals surface area contributed by atoms with Gasteiger partial charge in [-0.1, -0.05) is 103 Å². The Bertz CT molecular complexity index is 3120. The molecule has 0 aliphatic heterocycles. The van der Waals surface area contributed by atoms with Crippen LogP contribution in [0.25, 0.3) is 108 Å². The number of aromatic nitrogens is 3. The Morgan fingerprint density at radius 1 is 0.304 bits per heavy atom. The number of hydrogen-bond acceptors (Lipinski definition) is 5. The summed E-state index contributed by atoms with van der Waals surface area (Å²) in [5.74, 6) is 0.681.